The Balaban J connectivity index is 2.14. The van der Waals surface area contributed by atoms with Gasteiger partial charge >= 0.3 is 0 Å². The summed E-state index contributed by atoms with van der Waals surface area (Å²) in [5.74, 6) is 0. The molecule has 1 saturated heterocycles. The standard InChI is InChI=1S/C12H27N3/c1-3-5-12(13)6-9-15-8-4-7-14(2)10-11-15/h12H,3-11,13H2,1-2H3. The lowest BCUT2D eigenvalue weighted by Crippen LogP contribution is -2.33. The molecule has 0 aliphatic carbocycles. The van der Waals surface area contributed by atoms with Crippen LogP contribution in [0, 0.1) is 0 Å². The number of nitrogens with two attached hydrogens (primary N) is 1. The Morgan fingerprint density at radius 1 is 1.13 bits per heavy atom. The Bertz CT molecular complexity index is 161. The molecule has 0 spiro atoms. The van der Waals surface area contributed by atoms with E-state index in [2.05, 4.69) is 23.8 Å². The van der Waals surface area contributed by atoms with Crippen LogP contribution in [0.25, 0.3) is 0 Å². The molecule has 1 unspecified atom stereocenters. The molecule has 1 aliphatic rings. The molecule has 1 rings (SSSR count). The van der Waals surface area contributed by atoms with E-state index in [-0.39, 0.29) is 0 Å². The van der Waals surface area contributed by atoms with Crippen LogP contribution in [-0.2, 0) is 0 Å². The first kappa shape index (κ1) is 12.9. The average molecular weight is 213 g/mol. The SMILES string of the molecule is CCCC(N)CCN1CCCN(C)CC1. The highest BCUT2D eigenvalue weighted by Crippen LogP contribution is 2.04. The van der Waals surface area contributed by atoms with Crippen LogP contribution in [0.3, 0.4) is 0 Å². The fourth-order valence-corrected chi connectivity index (χ4v) is 2.19. The fraction of sp³-hybridized carbons (Fsp3) is 1.00. The van der Waals surface area contributed by atoms with Gasteiger partial charge in [0.15, 0.2) is 0 Å². The van der Waals surface area contributed by atoms with Crippen molar-refractivity contribution < 1.29 is 0 Å². The third kappa shape index (κ3) is 5.50. The predicted molar refractivity (Wildman–Crippen MR) is 66.1 cm³/mol. The van der Waals surface area contributed by atoms with Crippen molar-refractivity contribution in [3.63, 3.8) is 0 Å². The van der Waals surface area contributed by atoms with Gasteiger partial charge in [-0.15, -0.1) is 0 Å². The van der Waals surface area contributed by atoms with Crippen LogP contribution in [-0.4, -0.2) is 55.6 Å². The number of rotatable bonds is 5. The Morgan fingerprint density at radius 2 is 1.93 bits per heavy atom. The minimum absolute atomic E-state index is 0.413. The van der Waals surface area contributed by atoms with E-state index < -0.39 is 0 Å². The summed E-state index contributed by atoms with van der Waals surface area (Å²) in [4.78, 5) is 4.99. The van der Waals surface area contributed by atoms with E-state index >= 15 is 0 Å². The molecule has 90 valence electrons. The van der Waals surface area contributed by atoms with Gasteiger partial charge in [0.1, 0.15) is 0 Å². The number of hydrogen-bond donors (Lipinski definition) is 1. The molecule has 0 amide bonds. The fourth-order valence-electron chi connectivity index (χ4n) is 2.19. The smallest absolute Gasteiger partial charge is 0.0109 e. The largest absolute Gasteiger partial charge is 0.328 e. The van der Waals surface area contributed by atoms with Gasteiger partial charge in [-0.3, -0.25) is 0 Å². The van der Waals surface area contributed by atoms with E-state index in [9.17, 15) is 0 Å². The van der Waals surface area contributed by atoms with Crippen LogP contribution in [0.2, 0.25) is 0 Å². The Morgan fingerprint density at radius 3 is 2.67 bits per heavy atom. The van der Waals surface area contributed by atoms with E-state index in [1.54, 1.807) is 0 Å². The van der Waals surface area contributed by atoms with E-state index in [0.29, 0.717) is 6.04 Å². The van der Waals surface area contributed by atoms with E-state index in [1.165, 1.54) is 52.0 Å². The minimum atomic E-state index is 0.413. The van der Waals surface area contributed by atoms with E-state index in [0.717, 1.165) is 6.42 Å². The molecule has 2 N–H and O–H groups in total. The summed E-state index contributed by atoms with van der Waals surface area (Å²) in [5.41, 5.74) is 6.03. The van der Waals surface area contributed by atoms with Gasteiger partial charge in [-0.1, -0.05) is 13.3 Å². The van der Waals surface area contributed by atoms with Crippen molar-refractivity contribution in [2.45, 2.75) is 38.6 Å². The second-order valence-electron chi connectivity index (χ2n) is 4.84. The molecule has 0 aromatic carbocycles. The van der Waals surface area contributed by atoms with Gasteiger partial charge in [-0.2, -0.15) is 0 Å². The normalized spacial score (nSPS) is 22.6. The maximum Gasteiger partial charge on any atom is 0.0109 e. The average Bonchev–Trinajstić information content (AvgIpc) is 2.41. The van der Waals surface area contributed by atoms with Crippen molar-refractivity contribution in [2.24, 2.45) is 5.73 Å². The molecule has 0 bridgehead atoms. The van der Waals surface area contributed by atoms with Crippen LogP contribution in [0.4, 0.5) is 0 Å². The molecule has 1 heterocycles. The van der Waals surface area contributed by atoms with Gasteiger partial charge in [0.25, 0.3) is 0 Å². The highest BCUT2D eigenvalue weighted by atomic mass is 15.2. The quantitative estimate of drug-likeness (QED) is 0.743. The molecule has 3 heteroatoms. The van der Waals surface area contributed by atoms with Gasteiger partial charge in [-0.05, 0) is 45.9 Å². The van der Waals surface area contributed by atoms with Crippen molar-refractivity contribution in [1.82, 2.24) is 9.80 Å². The first-order valence-electron chi connectivity index (χ1n) is 6.39. The van der Waals surface area contributed by atoms with Gasteiger partial charge in [0, 0.05) is 19.1 Å². The molecule has 15 heavy (non-hydrogen) atoms. The van der Waals surface area contributed by atoms with Crippen LogP contribution >= 0.6 is 0 Å². The summed E-state index contributed by atoms with van der Waals surface area (Å²) in [7, 11) is 2.21. The monoisotopic (exact) mass is 213 g/mol. The molecule has 0 aromatic heterocycles. The zero-order valence-corrected chi connectivity index (χ0v) is 10.4. The molecule has 3 nitrogen and oxygen atoms in total. The van der Waals surface area contributed by atoms with Crippen molar-refractivity contribution >= 4 is 0 Å². The van der Waals surface area contributed by atoms with Gasteiger partial charge in [0.05, 0.1) is 0 Å². The van der Waals surface area contributed by atoms with E-state index in [1.807, 2.05) is 0 Å². The third-order valence-electron chi connectivity index (χ3n) is 3.29. The van der Waals surface area contributed by atoms with Crippen LogP contribution in [0.5, 0.6) is 0 Å². The van der Waals surface area contributed by atoms with Crippen molar-refractivity contribution in [2.75, 3.05) is 39.8 Å². The van der Waals surface area contributed by atoms with Gasteiger partial charge < -0.3 is 15.5 Å². The molecule has 0 saturated carbocycles. The topological polar surface area (TPSA) is 32.5 Å². The Hall–Kier alpha value is -0.120. The van der Waals surface area contributed by atoms with Crippen molar-refractivity contribution in [3.8, 4) is 0 Å². The highest BCUT2D eigenvalue weighted by Gasteiger charge is 2.12. The number of nitrogens with zero attached hydrogens (tertiary/aromatic N) is 2. The molecule has 1 fully saturated rings. The lowest BCUT2D eigenvalue weighted by atomic mass is 10.1. The number of likely N-dealkylation sites (N-methyl/N-ethyl adjacent to an activating group) is 1. The molecular formula is C12H27N3. The van der Waals surface area contributed by atoms with Crippen molar-refractivity contribution in [1.29, 1.82) is 0 Å². The first-order chi connectivity index (χ1) is 7.22. The lowest BCUT2D eigenvalue weighted by Gasteiger charge is -2.21. The maximum absolute atomic E-state index is 6.03. The summed E-state index contributed by atoms with van der Waals surface area (Å²) in [6.07, 6.45) is 4.86. The first-order valence-corrected chi connectivity index (χ1v) is 6.39. The Kier molecular flexibility index (Phi) is 6.22. The summed E-state index contributed by atoms with van der Waals surface area (Å²) < 4.78 is 0. The maximum atomic E-state index is 6.03. The number of hydrogen-bond acceptors (Lipinski definition) is 3. The van der Waals surface area contributed by atoms with Crippen LogP contribution < -0.4 is 5.73 Å². The summed E-state index contributed by atoms with van der Waals surface area (Å²) in [5, 5.41) is 0. The minimum Gasteiger partial charge on any atom is -0.328 e. The second-order valence-corrected chi connectivity index (χ2v) is 4.84. The molecular weight excluding hydrogens is 186 g/mol. The zero-order chi connectivity index (χ0) is 11.1. The second kappa shape index (κ2) is 7.20. The molecule has 1 atom stereocenters. The van der Waals surface area contributed by atoms with Crippen LogP contribution in [0.1, 0.15) is 32.6 Å². The molecule has 0 radical (unpaired) electrons. The van der Waals surface area contributed by atoms with Gasteiger partial charge in [0.2, 0.25) is 0 Å². The zero-order valence-electron chi connectivity index (χ0n) is 10.4. The lowest BCUT2D eigenvalue weighted by molar-refractivity contribution is 0.265. The Labute approximate surface area is 94.6 Å². The summed E-state index contributed by atoms with van der Waals surface area (Å²) in [6.45, 7) is 8.33. The summed E-state index contributed by atoms with van der Waals surface area (Å²) >= 11 is 0. The predicted octanol–water partition coefficient (Wildman–Crippen LogP) is 1.14. The molecule has 1 aliphatic heterocycles. The molecule has 0 aromatic rings. The van der Waals surface area contributed by atoms with Crippen LogP contribution in [0.15, 0.2) is 0 Å². The highest BCUT2D eigenvalue weighted by molar-refractivity contribution is 4.70. The third-order valence-corrected chi connectivity index (χ3v) is 3.29. The van der Waals surface area contributed by atoms with Crippen molar-refractivity contribution in [3.05, 3.63) is 0 Å². The van der Waals surface area contributed by atoms with Gasteiger partial charge in [-0.25, -0.2) is 0 Å². The summed E-state index contributed by atoms with van der Waals surface area (Å²) in [6, 6.07) is 0.413. The van der Waals surface area contributed by atoms with E-state index in [4.69, 9.17) is 5.73 Å².